The van der Waals surface area contributed by atoms with Gasteiger partial charge in [-0.15, -0.1) is 0 Å². The Labute approximate surface area is 154 Å². The molecule has 0 fully saturated rings. The molecule has 0 bridgehead atoms. The molecule has 3 nitrogen and oxygen atoms in total. The van der Waals surface area contributed by atoms with Crippen molar-refractivity contribution < 1.29 is 4.74 Å². The van der Waals surface area contributed by atoms with Crippen molar-refractivity contribution in [2.75, 3.05) is 26.2 Å². The maximum absolute atomic E-state index is 5.87. The first-order valence-corrected chi connectivity index (χ1v) is 9.82. The summed E-state index contributed by atoms with van der Waals surface area (Å²) in [7, 11) is 0. The van der Waals surface area contributed by atoms with Crippen molar-refractivity contribution in [3.05, 3.63) is 40.9 Å². The number of fused-ring (bicyclic) bond motifs is 1. The normalized spacial score (nSPS) is 11.1. The molecule has 0 unspecified atom stereocenters. The van der Waals surface area contributed by atoms with Crippen molar-refractivity contribution in [3.63, 3.8) is 0 Å². The van der Waals surface area contributed by atoms with Crippen molar-refractivity contribution >= 4 is 26.7 Å². The minimum atomic E-state index is 0.778. The molecular weight excluding hydrogens is 364 g/mol. The Morgan fingerprint density at radius 1 is 0.833 bits per heavy atom. The fraction of sp³-hybridized carbons (Fsp3) is 0.500. The monoisotopic (exact) mass is 392 g/mol. The van der Waals surface area contributed by atoms with Gasteiger partial charge in [0, 0.05) is 4.47 Å². The molecule has 0 atom stereocenters. The molecule has 0 amide bonds. The molecule has 2 aromatic carbocycles. The highest BCUT2D eigenvalue weighted by molar-refractivity contribution is 9.10. The van der Waals surface area contributed by atoms with Crippen LogP contribution in [0.4, 0.5) is 0 Å². The van der Waals surface area contributed by atoms with E-state index in [9.17, 15) is 0 Å². The summed E-state index contributed by atoms with van der Waals surface area (Å²) >= 11 is 3.50. The van der Waals surface area contributed by atoms with Gasteiger partial charge in [-0.1, -0.05) is 40.9 Å². The van der Waals surface area contributed by atoms with Gasteiger partial charge < -0.3 is 15.8 Å². The molecule has 2 aromatic rings. The van der Waals surface area contributed by atoms with Crippen LogP contribution in [0.3, 0.4) is 0 Å². The number of hydrogen-bond donors (Lipinski definition) is 2. The third kappa shape index (κ3) is 7.20. The topological polar surface area (TPSA) is 47.3 Å². The summed E-state index contributed by atoms with van der Waals surface area (Å²) in [6.07, 6.45) is 7.19. The van der Waals surface area contributed by atoms with Crippen LogP contribution in [0.15, 0.2) is 40.9 Å². The van der Waals surface area contributed by atoms with Gasteiger partial charge in [0.2, 0.25) is 0 Å². The first-order chi connectivity index (χ1) is 11.8. The number of nitrogens with one attached hydrogen (secondary N) is 1. The van der Waals surface area contributed by atoms with Crippen LogP contribution in [0.5, 0.6) is 5.75 Å². The molecule has 132 valence electrons. The largest absolute Gasteiger partial charge is 0.494 e. The van der Waals surface area contributed by atoms with Crippen molar-refractivity contribution in [2.24, 2.45) is 5.73 Å². The van der Waals surface area contributed by atoms with Gasteiger partial charge in [-0.3, -0.25) is 0 Å². The van der Waals surface area contributed by atoms with E-state index in [1.165, 1.54) is 30.0 Å². The molecule has 2 rings (SSSR count). The van der Waals surface area contributed by atoms with Gasteiger partial charge in [0.15, 0.2) is 0 Å². The molecule has 3 N–H and O–H groups in total. The van der Waals surface area contributed by atoms with Crippen molar-refractivity contribution in [2.45, 2.75) is 38.5 Å². The summed E-state index contributed by atoms with van der Waals surface area (Å²) in [5.74, 6) is 0.956. The molecule has 24 heavy (non-hydrogen) atoms. The zero-order chi connectivity index (χ0) is 17.0. The van der Waals surface area contributed by atoms with Gasteiger partial charge in [0.25, 0.3) is 0 Å². The molecule has 0 aliphatic carbocycles. The van der Waals surface area contributed by atoms with Crippen LogP contribution in [-0.4, -0.2) is 26.2 Å². The molecule has 4 heteroatoms. The Kier molecular flexibility index (Phi) is 9.18. The minimum absolute atomic E-state index is 0.778. The van der Waals surface area contributed by atoms with E-state index in [2.05, 4.69) is 51.6 Å². The predicted octanol–water partition coefficient (Wildman–Crippen LogP) is 4.87. The quantitative estimate of drug-likeness (QED) is 0.506. The highest BCUT2D eigenvalue weighted by Gasteiger charge is 1.99. The molecule has 0 aliphatic heterocycles. The summed E-state index contributed by atoms with van der Waals surface area (Å²) in [6, 6.07) is 12.6. The number of benzene rings is 2. The second-order valence-corrected chi connectivity index (χ2v) is 7.08. The van der Waals surface area contributed by atoms with Gasteiger partial charge in [0.1, 0.15) is 5.75 Å². The lowest BCUT2D eigenvalue weighted by Crippen LogP contribution is -2.17. The minimum Gasteiger partial charge on any atom is -0.494 e. The van der Waals surface area contributed by atoms with Crippen LogP contribution in [0.25, 0.3) is 10.8 Å². The third-order valence-electron chi connectivity index (χ3n) is 4.10. The van der Waals surface area contributed by atoms with Crippen molar-refractivity contribution in [3.8, 4) is 5.75 Å². The Morgan fingerprint density at radius 3 is 2.38 bits per heavy atom. The van der Waals surface area contributed by atoms with Crippen LogP contribution < -0.4 is 15.8 Å². The first-order valence-electron chi connectivity index (χ1n) is 9.02. The molecule has 0 heterocycles. The molecule has 0 saturated heterocycles. The zero-order valence-corrected chi connectivity index (χ0v) is 16.0. The number of nitrogens with two attached hydrogens (primary N) is 1. The highest BCUT2D eigenvalue weighted by Crippen LogP contribution is 2.24. The molecule has 0 radical (unpaired) electrons. The van der Waals surface area contributed by atoms with E-state index in [0.29, 0.717) is 0 Å². The second-order valence-electron chi connectivity index (χ2n) is 6.16. The van der Waals surface area contributed by atoms with E-state index in [1.807, 2.05) is 6.07 Å². The first kappa shape index (κ1) is 19.2. The van der Waals surface area contributed by atoms with E-state index in [-0.39, 0.29) is 0 Å². The summed E-state index contributed by atoms with van der Waals surface area (Å²) in [6.45, 7) is 3.79. The predicted molar refractivity (Wildman–Crippen MR) is 107 cm³/mol. The maximum Gasteiger partial charge on any atom is 0.119 e. The summed E-state index contributed by atoms with van der Waals surface area (Å²) in [5.41, 5.74) is 5.48. The fourth-order valence-electron chi connectivity index (χ4n) is 2.70. The number of ether oxygens (including phenoxy) is 1. The Balaban J connectivity index is 1.54. The van der Waals surface area contributed by atoms with Gasteiger partial charge in [-0.2, -0.15) is 0 Å². The molecule has 0 aliphatic rings. The van der Waals surface area contributed by atoms with E-state index in [1.54, 1.807) is 0 Å². The number of hydrogen-bond acceptors (Lipinski definition) is 3. The van der Waals surface area contributed by atoms with Gasteiger partial charge in [0.05, 0.1) is 6.61 Å². The van der Waals surface area contributed by atoms with Crippen LogP contribution in [0.2, 0.25) is 0 Å². The van der Waals surface area contributed by atoms with Crippen LogP contribution in [0, 0.1) is 0 Å². The van der Waals surface area contributed by atoms with Crippen LogP contribution in [0.1, 0.15) is 38.5 Å². The molecule has 0 saturated carbocycles. The lowest BCUT2D eigenvalue weighted by Gasteiger charge is -2.08. The number of rotatable bonds is 12. The average molecular weight is 393 g/mol. The lowest BCUT2D eigenvalue weighted by atomic mass is 10.1. The molecule has 0 spiro atoms. The van der Waals surface area contributed by atoms with Crippen molar-refractivity contribution in [1.82, 2.24) is 5.32 Å². The molecule has 0 aromatic heterocycles. The van der Waals surface area contributed by atoms with E-state index in [0.717, 1.165) is 55.7 Å². The van der Waals surface area contributed by atoms with Gasteiger partial charge in [-0.05, 0) is 80.4 Å². The standard InChI is InChI=1S/C20H29BrN2O/c21-19-9-7-18-16-20(10-8-17(18)15-19)24-14-6-5-13-23-12-4-2-1-3-11-22/h7-10,15-16,23H,1-6,11-14,22H2. The zero-order valence-electron chi connectivity index (χ0n) is 14.4. The summed E-state index contributed by atoms with van der Waals surface area (Å²) in [5, 5.41) is 5.94. The Hall–Kier alpha value is -1.10. The van der Waals surface area contributed by atoms with E-state index < -0.39 is 0 Å². The highest BCUT2D eigenvalue weighted by atomic mass is 79.9. The van der Waals surface area contributed by atoms with E-state index >= 15 is 0 Å². The number of halogens is 1. The van der Waals surface area contributed by atoms with Gasteiger partial charge in [-0.25, -0.2) is 0 Å². The van der Waals surface area contributed by atoms with Crippen LogP contribution in [-0.2, 0) is 0 Å². The molecular formula is C20H29BrN2O. The number of unbranched alkanes of at least 4 members (excludes halogenated alkanes) is 4. The SMILES string of the molecule is NCCCCCCNCCCCOc1ccc2cc(Br)ccc2c1. The summed E-state index contributed by atoms with van der Waals surface area (Å²) in [4.78, 5) is 0. The van der Waals surface area contributed by atoms with Crippen molar-refractivity contribution in [1.29, 1.82) is 0 Å². The third-order valence-corrected chi connectivity index (χ3v) is 4.59. The van der Waals surface area contributed by atoms with Gasteiger partial charge >= 0.3 is 0 Å². The second kappa shape index (κ2) is 11.5. The smallest absolute Gasteiger partial charge is 0.119 e. The Bertz CT molecular complexity index is 603. The van der Waals surface area contributed by atoms with E-state index in [4.69, 9.17) is 10.5 Å². The maximum atomic E-state index is 5.87. The summed E-state index contributed by atoms with van der Waals surface area (Å²) < 4.78 is 6.97. The van der Waals surface area contributed by atoms with Crippen LogP contribution >= 0.6 is 15.9 Å². The Morgan fingerprint density at radius 2 is 1.54 bits per heavy atom. The average Bonchev–Trinajstić information content (AvgIpc) is 2.59. The fourth-order valence-corrected chi connectivity index (χ4v) is 3.08. The lowest BCUT2D eigenvalue weighted by molar-refractivity contribution is 0.306.